The van der Waals surface area contributed by atoms with Crippen LogP contribution in [-0.4, -0.2) is 37.6 Å². The van der Waals surface area contributed by atoms with Crippen LogP contribution < -0.4 is 10.7 Å². The number of halogens is 2. The number of fused-ring (bicyclic) bond motifs is 1. The number of furan rings is 1. The van der Waals surface area contributed by atoms with E-state index < -0.39 is 11.8 Å². The number of carbonyl (C=O) groups is 1. The molecule has 0 radical (unpaired) electrons. The first kappa shape index (κ1) is 22.0. The summed E-state index contributed by atoms with van der Waals surface area (Å²) in [6, 6.07) is 13.8. The predicted molar refractivity (Wildman–Crippen MR) is 124 cm³/mol. The fraction of sp³-hybridized carbons (Fsp3) is 0. The zero-order chi connectivity index (χ0) is 24.4. The van der Waals surface area contributed by atoms with E-state index in [9.17, 15) is 9.18 Å². The number of nitrogens with zero attached hydrogens (tertiary/aromatic N) is 5. The number of hydrogen-bond donors (Lipinski definition) is 3. The molecular formula is C22H13ClFN7O4. The topological polar surface area (TPSA) is 152 Å². The minimum atomic E-state index is -1.03. The molecule has 0 atom stereocenters. The van der Waals surface area contributed by atoms with Gasteiger partial charge in [-0.3, -0.25) is 5.43 Å². The van der Waals surface area contributed by atoms with E-state index >= 15 is 0 Å². The van der Waals surface area contributed by atoms with Crippen LogP contribution in [0.25, 0.3) is 22.6 Å². The molecule has 11 nitrogen and oxygen atoms in total. The van der Waals surface area contributed by atoms with Crippen molar-refractivity contribution in [3.05, 3.63) is 76.8 Å². The maximum Gasteiger partial charge on any atom is 0.335 e. The Morgan fingerprint density at radius 3 is 2.63 bits per heavy atom. The van der Waals surface area contributed by atoms with Crippen molar-refractivity contribution in [2.24, 2.45) is 5.10 Å². The van der Waals surface area contributed by atoms with E-state index in [4.69, 9.17) is 21.1 Å². The Balaban J connectivity index is 1.37. The number of benzene rings is 2. The molecule has 0 fully saturated rings. The predicted octanol–water partition coefficient (Wildman–Crippen LogP) is 4.95. The quantitative estimate of drug-likeness (QED) is 0.209. The van der Waals surface area contributed by atoms with Crippen LogP contribution in [0, 0.1) is 5.82 Å². The third-order valence-electron chi connectivity index (χ3n) is 4.68. The molecule has 174 valence electrons. The van der Waals surface area contributed by atoms with Gasteiger partial charge in [0.05, 0.1) is 16.8 Å². The summed E-state index contributed by atoms with van der Waals surface area (Å²) < 4.78 is 23.9. The Bertz CT molecular complexity index is 1580. The van der Waals surface area contributed by atoms with Crippen LogP contribution in [0.15, 0.2) is 68.7 Å². The first-order valence-corrected chi connectivity index (χ1v) is 10.3. The molecule has 0 aliphatic rings. The van der Waals surface area contributed by atoms with Crippen molar-refractivity contribution in [3.8, 4) is 11.3 Å². The number of carboxylic acids is 1. The lowest BCUT2D eigenvalue weighted by Crippen LogP contribution is -2.03. The molecular weight excluding hydrogens is 481 g/mol. The Hall–Kier alpha value is -4.84. The van der Waals surface area contributed by atoms with Crippen LogP contribution in [0.4, 0.5) is 21.7 Å². The van der Waals surface area contributed by atoms with Crippen molar-refractivity contribution in [2.75, 3.05) is 10.7 Å². The van der Waals surface area contributed by atoms with Crippen LogP contribution in [0.3, 0.4) is 0 Å². The summed E-state index contributed by atoms with van der Waals surface area (Å²) in [4.78, 5) is 19.8. The lowest BCUT2D eigenvalue weighted by atomic mass is 10.1. The van der Waals surface area contributed by atoms with E-state index in [1.54, 1.807) is 24.3 Å². The van der Waals surface area contributed by atoms with Gasteiger partial charge in [0.2, 0.25) is 11.3 Å². The van der Waals surface area contributed by atoms with E-state index in [0.717, 1.165) is 0 Å². The number of aromatic carboxylic acids is 1. The molecule has 0 aliphatic heterocycles. The number of carboxylic acid groups (broad SMARTS) is 1. The number of anilines is 3. The van der Waals surface area contributed by atoms with Gasteiger partial charge >= 0.3 is 5.97 Å². The Labute approximate surface area is 200 Å². The molecule has 5 aromatic rings. The molecule has 0 spiro atoms. The maximum absolute atomic E-state index is 13.5. The summed E-state index contributed by atoms with van der Waals surface area (Å²) in [5, 5.41) is 23.5. The van der Waals surface area contributed by atoms with Crippen LogP contribution in [-0.2, 0) is 0 Å². The molecule has 0 saturated carbocycles. The smallest absolute Gasteiger partial charge is 0.335 e. The Morgan fingerprint density at radius 2 is 1.86 bits per heavy atom. The first-order chi connectivity index (χ1) is 17.0. The second kappa shape index (κ2) is 9.19. The average Bonchev–Trinajstić information content (AvgIpc) is 3.51. The van der Waals surface area contributed by atoms with Crippen LogP contribution in [0.5, 0.6) is 0 Å². The van der Waals surface area contributed by atoms with Gasteiger partial charge in [0.15, 0.2) is 11.6 Å². The highest BCUT2D eigenvalue weighted by Crippen LogP contribution is 2.27. The lowest BCUT2D eigenvalue weighted by molar-refractivity contribution is 0.0697. The van der Waals surface area contributed by atoms with Crippen molar-refractivity contribution in [2.45, 2.75) is 0 Å². The summed E-state index contributed by atoms with van der Waals surface area (Å²) in [5.41, 5.74) is 4.24. The van der Waals surface area contributed by atoms with E-state index in [1.807, 2.05) is 0 Å². The standard InChI is InChI=1S/C22H13ClFN7O4/c23-15-9-13(4-6-16(15)24)26-18-19(28-21-20(27-18)30-35-31-21)29-25-10-14-5-7-17(34-14)11-2-1-3-12(8-11)22(32)33/h1-10H,(H,32,33)(H,26,27,30)(H,28,29,31)/b25-10+. The number of hydrogen-bond acceptors (Lipinski definition) is 10. The highest BCUT2D eigenvalue weighted by atomic mass is 35.5. The number of hydrazone groups is 1. The molecule has 5 rings (SSSR count). The van der Waals surface area contributed by atoms with Gasteiger partial charge < -0.3 is 14.8 Å². The maximum atomic E-state index is 13.5. The van der Waals surface area contributed by atoms with Gasteiger partial charge in [0.25, 0.3) is 0 Å². The second-order valence-electron chi connectivity index (χ2n) is 7.04. The largest absolute Gasteiger partial charge is 0.478 e. The van der Waals surface area contributed by atoms with Crippen LogP contribution in [0.2, 0.25) is 5.02 Å². The Morgan fingerprint density at radius 1 is 1.06 bits per heavy atom. The summed E-state index contributed by atoms with van der Waals surface area (Å²) in [6.07, 6.45) is 1.40. The average molecular weight is 494 g/mol. The van der Waals surface area contributed by atoms with Crippen molar-refractivity contribution in [1.29, 1.82) is 0 Å². The monoisotopic (exact) mass is 493 g/mol. The van der Waals surface area contributed by atoms with Gasteiger partial charge in [-0.05, 0) is 52.8 Å². The SMILES string of the molecule is O=C(O)c1cccc(-c2ccc(/C=N/Nc3nc4nonc4nc3Nc3ccc(F)c(Cl)c3)o2)c1. The van der Waals surface area contributed by atoms with Crippen molar-refractivity contribution in [1.82, 2.24) is 20.3 Å². The minimum absolute atomic E-state index is 0.0674. The van der Waals surface area contributed by atoms with Gasteiger partial charge in [-0.1, -0.05) is 23.7 Å². The Kier molecular flexibility index (Phi) is 5.77. The molecule has 35 heavy (non-hydrogen) atoms. The van der Waals surface area contributed by atoms with E-state index in [1.165, 1.54) is 36.5 Å². The summed E-state index contributed by atoms with van der Waals surface area (Å²) in [7, 11) is 0. The van der Waals surface area contributed by atoms with Crippen LogP contribution in [0.1, 0.15) is 16.1 Å². The molecule has 0 unspecified atom stereocenters. The van der Waals surface area contributed by atoms with Crippen LogP contribution >= 0.6 is 11.6 Å². The fourth-order valence-electron chi connectivity index (χ4n) is 3.05. The molecule has 3 N–H and O–H groups in total. The molecule has 0 amide bonds. The zero-order valence-corrected chi connectivity index (χ0v) is 18.2. The van der Waals surface area contributed by atoms with Gasteiger partial charge in [0, 0.05) is 11.3 Å². The highest BCUT2D eigenvalue weighted by Gasteiger charge is 2.14. The molecule has 13 heteroatoms. The highest BCUT2D eigenvalue weighted by molar-refractivity contribution is 6.31. The second-order valence-corrected chi connectivity index (χ2v) is 7.45. The van der Waals surface area contributed by atoms with E-state index in [-0.39, 0.29) is 33.5 Å². The summed E-state index contributed by atoms with van der Waals surface area (Å²) in [5.74, 6) is -0.346. The molecule has 3 heterocycles. The molecule has 0 bridgehead atoms. The lowest BCUT2D eigenvalue weighted by Gasteiger charge is -2.09. The van der Waals surface area contributed by atoms with Gasteiger partial charge in [-0.25, -0.2) is 18.8 Å². The third-order valence-corrected chi connectivity index (χ3v) is 4.97. The van der Waals surface area contributed by atoms with Gasteiger partial charge in [-0.15, -0.1) is 0 Å². The molecule has 0 saturated heterocycles. The number of rotatable bonds is 7. The van der Waals surface area contributed by atoms with Gasteiger partial charge in [0.1, 0.15) is 17.3 Å². The van der Waals surface area contributed by atoms with Crippen molar-refractivity contribution >= 4 is 52.4 Å². The van der Waals surface area contributed by atoms with Crippen molar-refractivity contribution < 1.29 is 23.3 Å². The third kappa shape index (κ3) is 4.77. The normalized spacial score (nSPS) is 11.3. The van der Waals surface area contributed by atoms with Gasteiger partial charge in [-0.2, -0.15) is 10.1 Å². The zero-order valence-electron chi connectivity index (χ0n) is 17.4. The first-order valence-electron chi connectivity index (χ1n) is 9.91. The fourth-order valence-corrected chi connectivity index (χ4v) is 3.23. The number of aromatic nitrogens is 4. The summed E-state index contributed by atoms with van der Waals surface area (Å²) in [6.45, 7) is 0. The van der Waals surface area contributed by atoms with E-state index in [0.29, 0.717) is 22.8 Å². The van der Waals surface area contributed by atoms with Crippen molar-refractivity contribution in [3.63, 3.8) is 0 Å². The molecule has 0 aliphatic carbocycles. The van der Waals surface area contributed by atoms with E-state index in [2.05, 4.69) is 40.8 Å². The number of nitrogens with one attached hydrogen (secondary N) is 2. The molecule has 2 aromatic carbocycles. The molecule has 3 aromatic heterocycles. The summed E-state index contributed by atoms with van der Waals surface area (Å²) >= 11 is 5.85. The minimum Gasteiger partial charge on any atom is -0.478 e.